The molecule has 1 saturated heterocycles. The van der Waals surface area contributed by atoms with Crippen LogP contribution in [0.3, 0.4) is 0 Å². The molecule has 100 valence electrons. The average Bonchev–Trinajstić information content (AvgIpc) is 2.93. The molecular weight excluding hydrogens is 236 g/mol. The SMILES string of the molecule is Cc1nc2ccccc2c([C@@H](O)[C@H]2CCCN2)c1C. The van der Waals surface area contributed by atoms with Gasteiger partial charge in [0.25, 0.3) is 0 Å². The Morgan fingerprint density at radius 1 is 1.32 bits per heavy atom. The highest BCUT2D eigenvalue weighted by Gasteiger charge is 2.27. The van der Waals surface area contributed by atoms with Crippen LogP contribution in [-0.4, -0.2) is 22.7 Å². The van der Waals surface area contributed by atoms with Crippen LogP contribution in [0.2, 0.25) is 0 Å². The van der Waals surface area contributed by atoms with E-state index in [4.69, 9.17) is 0 Å². The zero-order valence-corrected chi connectivity index (χ0v) is 11.5. The second kappa shape index (κ2) is 4.91. The summed E-state index contributed by atoms with van der Waals surface area (Å²) in [6, 6.07) is 8.25. The van der Waals surface area contributed by atoms with E-state index in [0.717, 1.165) is 47.1 Å². The molecule has 0 bridgehead atoms. The minimum atomic E-state index is -0.450. The minimum absolute atomic E-state index is 0.170. The van der Waals surface area contributed by atoms with E-state index in [2.05, 4.69) is 23.3 Å². The number of nitrogens with zero attached hydrogens (tertiary/aromatic N) is 1. The van der Waals surface area contributed by atoms with Crippen LogP contribution in [0.5, 0.6) is 0 Å². The van der Waals surface area contributed by atoms with Gasteiger partial charge < -0.3 is 10.4 Å². The summed E-state index contributed by atoms with van der Waals surface area (Å²) in [5, 5.41) is 15.2. The summed E-state index contributed by atoms with van der Waals surface area (Å²) in [5.41, 5.74) is 4.13. The highest BCUT2D eigenvalue weighted by molar-refractivity contribution is 5.84. The molecule has 2 aromatic rings. The van der Waals surface area contributed by atoms with Crippen molar-refractivity contribution in [3.05, 3.63) is 41.1 Å². The average molecular weight is 256 g/mol. The fraction of sp³-hybridized carbons (Fsp3) is 0.438. The first-order valence-electron chi connectivity index (χ1n) is 6.96. The Morgan fingerprint density at radius 2 is 2.11 bits per heavy atom. The van der Waals surface area contributed by atoms with Crippen molar-refractivity contribution in [3.8, 4) is 0 Å². The summed E-state index contributed by atoms with van der Waals surface area (Å²) in [4.78, 5) is 4.61. The first-order chi connectivity index (χ1) is 9.18. The van der Waals surface area contributed by atoms with Crippen molar-refractivity contribution in [1.82, 2.24) is 10.3 Å². The maximum Gasteiger partial charge on any atom is 0.0952 e. The Morgan fingerprint density at radius 3 is 2.84 bits per heavy atom. The predicted molar refractivity (Wildman–Crippen MR) is 77.2 cm³/mol. The summed E-state index contributed by atoms with van der Waals surface area (Å²) in [7, 11) is 0. The highest BCUT2D eigenvalue weighted by Crippen LogP contribution is 2.32. The van der Waals surface area contributed by atoms with Gasteiger partial charge in [-0.3, -0.25) is 4.98 Å². The smallest absolute Gasteiger partial charge is 0.0952 e. The van der Waals surface area contributed by atoms with Crippen molar-refractivity contribution in [2.45, 2.75) is 38.8 Å². The number of aliphatic hydroxyl groups is 1. The highest BCUT2D eigenvalue weighted by atomic mass is 16.3. The van der Waals surface area contributed by atoms with Gasteiger partial charge in [0.1, 0.15) is 0 Å². The number of benzene rings is 1. The van der Waals surface area contributed by atoms with Gasteiger partial charge in [-0.15, -0.1) is 0 Å². The van der Waals surface area contributed by atoms with Gasteiger partial charge in [0, 0.05) is 17.1 Å². The lowest BCUT2D eigenvalue weighted by Gasteiger charge is -2.23. The topological polar surface area (TPSA) is 45.2 Å². The van der Waals surface area contributed by atoms with E-state index >= 15 is 0 Å². The molecule has 0 radical (unpaired) electrons. The first kappa shape index (κ1) is 12.6. The summed E-state index contributed by atoms with van der Waals surface area (Å²) in [5.74, 6) is 0. The molecule has 1 aliphatic rings. The maximum atomic E-state index is 10.7. The number of hydrogen-bond acceptors (Lipinski definition) is 3. The van der Waals surface area contributed by atoms with Crippen LogP contribution in [0.1, 0.15) is 35.8 Å². The van der Waals surface area contributed by atoms with E-state index in [1.165, 1.54) is 0 Å². The molecule has 0 aliphatic carbocycles. The molecule has 3 nitrogen and oxygen atoms in total. The lowest BCUT2D eigenvalue weighted by atomic mass is 9.92. The van der Waals surface area contributed by atoms with Gasteiger partial charge in [-0.25, -0.2) is 0 Å². The Balaban J connectivity index is 2.17. The Bertz CT molecular complexity index is 603. The molecule has 1 fully saturated rings. The lowest BCUT2D eigenvalue weighted by Crippen LogP contribution is -2.29. The van der Waals surface area contributed by atoms with Crippen molar-refractivity contribution in [3.63, 3.8) is 0 Å². The zero-order valence-electron chi connectivity index (χ0n) is 11.5. The third kappa shape index (κ3) is 2.13. The summed E-state index contributed by atoms with van der Waals surface area (Å²) in [6.45, 7) is 5.07. The molecular formula is C16H20N2O. The number of rotatable bonds is 2. The molecule has 0 saturated carbocycles. The number of pyridine rings is 1. The largest absolute Gasteiger partial charge is 0.387 e. The van der Waals surface area contributed by atoms with E-state index in [9.17, 15) is 5.11 Å². The van der Waals surface area contributed by atoms with Crippen molar-refractivity contribution < 1.29 is 5.11 Å². The van der Waals surface area contributed by atoms with Gasteiger partial charge in [-0.1, -0.05) is 18.2 Å². The Hall–Kier alpha value is -1.45. The number of aromatic nitrogens is 1. The van der Waals surface area contributed by atoms with Crippen LogP contribution in [0.15, 0.2) is 24.3 Å². The Kier molecular flexibility index (Phi) is 3.25. The molecule has 1 aromatic heterocycles. The van der Waals surface area contributed by atoms with Crippen LogP contribution >= 0.6 is 0 Å². The third-order valence-corrected chi connectivity index (χ3v) is 4.20. The van der Waals surface area contributed by atoms with Gasteiger partial charge in [-0.05, 0) is 50.4 Å². The fourth-order valence-corrected chi connectivity index (χ4v) is 3.02. The molecule has 0 amide bonds. The second-order valence-electron chi connectivity index (χ2n) is 5.40. The fourth-order valence-electron chi connectivity index (χ4n) is 3.02. The summed E-state index contributed by atoms with van der Waals surface area (Å²) in [6.07, 6.45) is 1.73. The van der Waals surface area contributed by atoms with Gasteiger partial charge in [0.05, 0.1) is 11.6 Å². The molecule has 0 spiro atoms. The van der Waals surface area contributed by atoms with Crippen LogP contribution in [-0.2, 0) is 0 Å². The monoisotopic (exact) mass is 256 g/mol. The predicted octanol–water partition coefficient (Wildman–Crippen LogP) is 2.64. The van der Waals surface area contributed by atoms with E-state index in [-0.39, 0.29) is 6.04 Å². The van der Waals surface area contributed by atoms with Crippen molar-refractivity contribution in [1.29, 1.82) is 0 Å². The van der Waals surface area contributed by atoms with Crippen LogP contribution in [0.4, 0.5) is 0 Å². The summed E-state index contributed by atoms with van der Waals surface area (Å²) >= 11 is 0. The molecule has 2 atom stereocenters. The molecule has 0 unspecified atom stereocenters. The molecule has 3 heteroatoms. The Labute approximate surface area is 113 Å². The van der Waals surface area contributed by atoms with Gasteiger partial charge >= 0.3 is 0 Å². The normalized spacial score (nSPS) is 20.9. The van der Waals surface area contributed by atoms with E-state index in [1.807, 2.05) is 25.1 Å². The van der Waals surface area contributed by atoms with E-state index < -0.39 is 6.10 Å². The molecule has 1 aliphatic heterocycles. The third-order valence-electron chi connectivity index (χ3n) is 4.20. The quantitative estimate of drug-likeness (QED) is 0.868. The molecule has 19 heavy (non-hydrogen) atoms. The second-order valence-corrected chi connectivity index (χ2v) is 5.40. The van der Waals surface area contributed by atoms with Crippen LogP contribution in [0.25, 0.3) is 10.9 Å². The lowest BCUT2D eigenvalue weighted by molar-refractivity contribution is 0.138. The molecule has 2 heterocycles. The van der Waals surface area contributed by atoms with Crippen molar-refractivity contribution >= 4 is 10.9 Å². The first-order valence-corrected chi connectivity index (χ1v) is 6.96. The number of fused-ring (bicyclic) bond motifs is 1. The van der Waals surface area contributed by atoms with Crippen LogP contribution in [0, 0.1) is 13.8 Å². The number of hydrogen-bond donors (Lipinski definition) is 2. The number of nitrogens with one attached hydrogen (secondary N) is 1. The standard InChI is InChI=1S/C16H20N2O/c1-10-11(2)18-13-7-4-3-6-12(13)15(10)16(19)14-8-5-9-17-14/h3-4,6-7,14,16-17,19H,5,8-9H2,1-2H3/t14-,16+/m1/s1. The van der Waals surface area contributed by atoms with E-state index in [0.29, 0.717) is 0 Å². The van der Waals surface area contributed by atoms with Crippen molar-refractivity contribution in [2.24, 2.45) is 0 Å². The molecule has 3 rings (SSSR count). The van der Waals surface area contributed by atoms with E-state index in [1.54, 1.807) is 0 Å². The number of aliphatic hydroxyl groups excluding tert-OH is 1. The molecule has 1 aromatic carbocycles. The van der Waals surface area contributed by atoms with Gasteiger partial charge in [0.2, 0.25) is 0 Å². The number of aryl methyl sites for hydroxylation is 1. The summed E-state index contributed by atoms with van der Waals surface area (Å²) < 4.78 is 0. The number of para-hydroxylation sites is 1. The van der Waals surface area contributed by atoms with Gasteiger partial charge in [0.15, 0.2) is 0 Å². The minimum Gasteiger partial charge on any atom is -0.387 e. The van der Waals surface area contributed by atoms with Crippen molar-refractivity contribution in [2.75, 3.05) is 6.54 Å². The van der Waals surface area contributed by atoms with Crippen LogP contribution < -0.4 is 5.32 Å². The zero-order chi connectivity index (χ0) is 13.4. The molecule has 2 N–H and O–H groups in total. The van der Waals surface area contributed by atoms with Gasteiger partial charge in [-0.2, -0.15) is 0 Å². The maximum absolute atomic E-state index is 10.7.